The zero-order chi connectivity index (χ0) is 18.7. The van der Waals surface area contributed by atoms with E-state index in [-0.39, 0.29) is 17.9 Å². The first kappa shape index (κ1) is 18.8. The standard InChI is InChI=1S/C20H30N4O2/c1-4-5-17-16(10-21-13-22-17)20(26)23-9-8-19(25)24(11-15-6-7-15)18(12-23)14(2)3/h10,13-15,18H,4-9,11-12H2,1-3H3/t18-/m1/s1. The second kappa shape index (κ2) is 8.14. The summed E-state index contributed by atoms with van der Waals surface area (Å²) in [6.45, 7) is 8.27. The first-order valence-electron chi connectivity index (χ1n) is 9.88. The van der Waals surface area contributed by atoms with E-state index in [0.717, 1.165) is 25.1 Å². The molecule has 0 N–H and O–H groups in total. The van der Waals surface area contributed by atoms with Crippen molar-refractivity contribution in [1.82, 2.24) is 19.8 Å². The predicted octanol–water partition coefficient (Wildman–Crippen LogP) is 2.54. The fourth-order valence-electron chi connectivity index (χ4n) is 3.69. The maximum Gasteiger partial charge on any atom is 0.257 e. The van der Waals surface area contributed by atoms with Gasteiger partial charge in [-0.05, 0) is 31.1 Å². The minimum Gasteiger partial charge on any atom is -0.337 e. The van der Waals surface area contributed by atoms with Crippen LogP contribution in [-0.4, -0.2) is 57.3 Å². The lowest BCUT2D eigenvalue weighted by molar-refractivity contribution is -0.133. The monoisotopic (exact) mass is 358 g/mol. The molecule has 6 heteroatoms. The molecule has 1 aromatic heterocycles. The third-order valence-corrected chi connectivity index (χ3v) is 5.44. The minimum absolute atomic E-state index is 0.0410. The molecule has 2 amide bonds. The van der Waals surface area contributed by atoms with E-state index in [0.29, 0.717) is 36.9 Å². The summed E-state index contributed by atoms with van der Waals surface area (Å²) in [5.41, 5.74) is 1.39. The van der Waals surface area contributed by atoms with Crippen LogP contribution in [-0.2, 0) is 11.2 Å². The molecule has 0 bridgehead atoms. The molecule has 3 rings (SSSR count). The Hall–Kier alpha value is -1.98. The third-order valence-electron chi connectivity index (χ3n) is 5.44. The second-order valence-electron chi connectivity index (χ2n) is 7.94. The average molecular weight is 358 g/mol. The Morgan fingerprint density at radius 3 is 2.77 bits per heavy atom. The molecule has 26 heavy (non-hydrogen) atoms. The first-order chi connectivity index (χ1) is 12.5. The van der Waals surface area contributed by atoms with Crippen LogP contribution in [0.2, 0.25) is 0 Å². The molecule has 1 saturated heterocycles. The van der Waals surface area contributed by atoms with E-state index in [4.69, 9.17) is 0 Å². The summed E-state index contributed by atoms with van der Waals surface area (Å²) in [5.74, 6) is 1.11. The summed E-state index contributed by atoms with van der Waals surface area (Å²) in [5, 5.41) is 0. The highest BCUT2D eigenvalue weighted by molar-refractivity contribution is 5.95. The largest absolute Gasteiger partial charge is 0.337 e. The first-order valence-corrected chi connectivity index (χ1v) is 9.88. The lowest BCUT2D eigenvalue weighted by atomic mass is 10.0. The topological polar surface area (TPSA) is 66.4 Å². The Bertz CT molecular complexity index is 657. The molecule has 1 atom stereocenters. The molecule has 0 radical (unpaired) electrons. The smallest absolute Gasteiger partial charge is 0.257 e. The molecule has 1 aliphatic carbocycles. The summed E-state index contributed by atoms with van der Waals surface area (Å²) >= 11 is 0. The zero-order valence-corrected chi connectivity index (χ0v) is 16.1. The lowest BCUT2D eigenvalue weighted by Crippen LogP contribution is -2.48. The van der Waals surface area contributed by atoms with Gasteiger partial charge in [0, 0.05) is 32.3 Å². The molecule has 2 aliphatic rings. The van der Waals surface area contributed by atoms with Crippen molar-refractivity contribution in [2.45, 2.75) is 58.9 Å². The van der Waals surface area contributed by atoms with E-state index in [1.807, 2.05) is 9.80 Å². The highest BCUT2D eigenvalue weighted by atomic mass is 16.2. The summed E-state index contributed by atoms with van der Waals surface area (Å²) in [7, 11) is 0. The summed E-state index contributed by atoms with van der Waals surface area (Å²) < 4.78 is 0. The van der Waals surface area contributed by atoms with Gasteiger partial charge in [-0.2, -0.15) is 0 Å². The Morgan fingerprint density at radius 2 is 2.12 bits per heavy atom. The van der Waals surface area contributed by atoms with Crippen molar-refractivity contribution < 1.29 is 9.59 Å². The number of hydrogen-bond donors (Lipinski definition) is 0. The van der Waals surface area contributed by atoms with Gasteiger partial charge in [-0.15, -0.1) is 0 Å². The zero-order valence-electron chi connectivity index (χ0n) is 16.1. The molecular weight excluding hydrogens is 328 g/mol. The van der Waals surface area contributed by atoms with E-state index in [2.05, 4.69) is 30.7 Å². The van der Waals surface area contributed by atoms with Gasteiger partial charge in [0.15, 0.2) is 0 Å². The van der Waals surface area contributed by atoms with Gasteiger partial charge in [0.05, 0.1) is 17.3 Å². The van der Waals surface area contributed by atoms with Gasteiger partial charge in [-0.1, -0.05) is 27.2 Å². The van der Waals surface area contributed by atoms with Gasteiger partial charge in [0.25, 0.3) is 5.91 Å². The van der Waals surface area contributed by atoms with Crippen LogP contribution >= 0.6 is 0 Å². The summed E-state index contributed by atoms with van der Waals surface area (Å²) in [4.78, 5) is 38.2. The van der Waals surface area contributed by atoms with Crippen molar-refractivity contribution in [1.29, 1.82) is 0 Å². The molecule has 1 aliphatic heterocycles. The van der Waals surface area contributed by atoms with Gasteiger partial charge in [-0.25, -0.2) is 9.97 Å². The lowest BCUT2D eigenvalue weighted by Gasteiger charge is -2.35. The fourth-order valence-corrected chi connectivity index (χ4v) is 3.69. The van der Waals surface area contributed by atoms with Gasteiger partial charge in [0.2, 0.25) is 5.91 Å². The Balaban J connectivity index is 1.81. The van der Waals surface area contributed by atoms with Crippen LogP contribution in [0, 0.1) is 11.8 Å². The molecule has 2 fully saturated rings. The molecule has 1 aromatic rings. The highest BCUT2D eigenvalue weighted by Crippen LogP contribution is 2.32. The van der Waals surface area contributed by atoms with Crippen molar-refractivity contribution in [3.8, 4) is 0 Å². The van der Waals surface area contributed by atoms with E-state index < -0.39 is 0 Å². The van der Waals surface area contributed by atoms with Crippen LogP contribution in [0.1, 0.15) is 62.5 Å². The minimum atomic E-state index is -0.0410. The molecule has 2 heterocycles. The highest BCUT2D eigenvalue weighted by Gasteiger charge is 2.37. The Morgan fingerprint density at radius 1 is 1.35 bits per heavy atom. The molecule has 1 saturated carbocycles. The van der Waals surface area contributed by atoms with Gasteiger partial charge in [0.1, 0.15) is 6.33 Å². The van der Waals surface area contributed by atoms with E-state index >= 15 is 0 Å². The van der Waals surface area contributed by atoms with E-state index in [1.54, 1.807) is 6.20 Å². The van der Waals surface area contributed by atoms with Crippen molar-refractivity contribution in [2.24, 2.45) is 11.8 Å². The molecule has 0 aromatic carbocycles. The van der Waals surface area contributed by atoms with Gasteiger partial charge < -0.3 is 9.80 Å². The van der Waals surface area contributed by atoms with Gasteiger partial charge in [-0.3, -0.25) is 9.59 Å². The van der Waals surface area contributed by atoms with E-state index in [9.17, 15) is 9.59 Å². The number of aromatic nitrogens is 2. The van der Waals surface area contributed by atoms with Crippen LogP contribution in [0.4, 0.5) is 0 Å². The number of carbonyl (C=O) groups excluding carboxylic acids is 2. The number of amides is 2. The average Bonchev–Trinajstić information content (AvgIpc) is 3.45. The van der Waals surface area contributed by atoms with Crippen LogP contribution in [0.25, 0.3) is 0 Å². The van der Waals surface area contributed by atoms with Gasteiger partial charge >= 0.3 is 0 Å². The quantitative estimate of drug-likeness (QED) is 0.784. The summed E-state index contributed by atoms with van der Waals surface area (Å²) in [6, 6.07) is 0.0776. The molecule has 0 unspecified atom stereocenters. The van der Waals surface area contributed by atoms with Crippen molar-refractivity contribution >= 4 is 11.8 Å². The Labute approximate surface area is 156 Å². The Kier molecular flexibility index (Phi) is 5.89. The number of nitrogens with zero attached hydrogens (tertiary/aromatic N) is 4. The fraction of sp³-hybridized carbons (Fsp3) is 0.700. The maximum atomic E-state index is 13.2. The van der Waals surface area contributed by atoms with Crippen molar-refractivity contribution in [2.75, 3.05) is 19.6 Å². The maximum absolute atomic E-state index is 13.2. The molecular formula is C20H30N4O2. The predicted molar refractivity (Wildman–Crippen MR) is 99.6 cm³/mol. The molecule has 0 spiro atoms. The second-order valence-corrected chi connectivity index (χ2v) is 7.94. The van der Waals surface area contributed by atoms with Crippen molar-refractivity contribution in [3.05, 3.63) is 23.8 Å². The van der Waals surface area contributed by atoms with E-state index in [1.165, 1.54) is 19.2 Å². The molecule has 142 valence electrons. The number of aryl methyl sites for hydroxylation is 1. The third kappa shape index (κ3) is 4.22. The van der Waals surface area contributed by atoms with Crippen LogP contribution in [0.5, 0.6) is 0 Å². The summed E-state index contributed by atoms with van der Waals surface area (Å²) in [6.07, 6.45) is 7.66. The van der Waals surface area contributed by atoms with Crippen LogP contribution < -0.4 is 0 Å². The van der Waals surface area contributed by atoms with Crippen molar-refractivity contribution in [3.63, 3.8) is 0 Å². The number of rotatable bonds is 6. The molecule has 6 nitrogen and oxygen atoms in total. The number of hydrogen-bond acceptors (Lipinski definition) is 4. The number of carbonyl (C=O) groups is 2. The SMILES string of the molecule is CCCc1ncncc1C(=O)N1CCC(=O)N(CC2CC2)[C@@H](C(C)C)C1. The van der Waals surface area contributed by atoms with Crippen LogP contribution in [0.15, 0.2) is 12.5 Å². The van der Waals surface area contributed by atoms with Crippen LogP contribution in [0.3, 0.4) is 0 Å². The normalized spacial score (nSPS) is 21.2.